The summed E-state index contributed by atoms with van der Waals surface area (Å²) in [7, 11) is 0. The van der Waals surface area contributed by atoms with Gasteiger partial charge in [-0.15, -0.1) is 0 Å². The Hall–Kier alpha value is -1.80. The maximum atomic E-state index is 8.94. The summed E-state index contributed by atoms with van der Waals surface area (Å²) in [6, 6.07) is 2.98. The van der Waals surface area contributed by atoms with Crippen molar-refractivity contribution in [2.45, 2.75) is 26.2 Å². The molecule has 0 spiro atoms. The molecule has 0 aliphatic rings. The lowest BCUT2D eigenvalue weighted by Crippen LogP contribution is -2.11. The molecule has 0 amide bonds. The van der Waals surface area contributed by atoms with Crippen molar-refractivity contribution in [3.8, 4) is 12.1 Å². The smallest absolute Gasteiger partial charge is 0.0992 e. The summed E-state index contributed by atoms with van der Waals surface area (Å²) < 4.78 is 23.4. The molecule has 0 fully saturated rings. The van der Waals surface area contributed by atoms with Crippen molar-refractivity contribution in [2.24, 2.45) is 0 Å². The van der Waals surface area contributed by atoms with Gasteiger partial charge in [0, 0.05) is 0 Å². The zero-order valence-corrected chi connectivity index (χ0v) is 8.39. The molecule has 2 nitrogen and oxygen atoms in total. The fraction of sp³-hybridized carbons (Fsp3) is 0.333. The minimum atomic E-state index is -0.515. The van der Waals surface area contributed by atoms with Gasteiger partial charge in [0.1, 0.15) is 0 Å². The van der Waals surface area contributed by atoms with Crippen molar-refractivity contribution in [2.75, 3.05) is 0 Å². The van der Waals surface area contributed by atoms with E-state index in [2.05, 4.69) is 0 Å². The first-order valence-electron chi connectivity index (χ1n) is 5.70. The molecule has 0 aliphatic carbocycles. The lowest BCUT2D eigenvalue weighted by atomic mass is 9.85. The quantitative estimate of drug-likeness (QED) is 0.627. The second kappa shape index (κ2) is 3.52. The first-order chi connectivity index (χ1) is 7.75. The van der Waals surface area contributed by atoms with Gasteiger partial charge in [-0.05, 0) is 29.1 Å². The summed E-state index contributed by atoms with van der Waals surface area (Å²) in [6.45, 7) is 5.43. The van der Waals surface area contributed by atoms with Crippen LogP contribution in [0, 0.1) is 22.7 Å². The largest absolute Gasteiger partial charge is 0.192 e. The Kier molecular flexibility index (Phi) is 1.66. The van der Waals surface area contributed by atoms with Crippen molar-refractivity contribution in [3.05, 3.63) is 34.8 Å². The molecule has 2 heteroatoms. The van der Waals surface area contributed by atoms with Gasteiger partial charge in [-0.3, -0.25) is 0 Å². The number of hydrogen-bond acceptors (Lipinski definition) is 2. The van der Waals surface area contributed by atoms with Gasteiger partial charge < -0.3 is 0 Å². The molecule has 1 aromatic carbocycles. The monoisotopic (exact) mass is 187 g/mol. The number of benzene rings is 1. The predicted octanol–water partition coefficient (Wildman–Crippen LogP) is 2.73. The van der Waals surface area contributed by atoms with Crippen LogP contribution in [0.25, 0.3) is 0 Å². The number of hydrogen-bond donors (Lipinski definition) is 0. The lowest BCUT2D eigenvalue weighted by Gasteiger charge is -2.19. The highest BCUT2D eigenvalue weighted by atomic mass is 14.3. The van der Waals surface area contributed by atoms with Crippen LogP contribution < -0.4 is 0 Å². The van der Waals surface area contributed by atoms with Crippen LogP contribution in [-0.4, -0.2) is 0 Å². The van der Waals surface area contributed by atoms with Gasteiger partial charge in [0.25, 0.3) is 0 Å². The summed E-state index contributed by atoms with van der Waals surface area (Å²) in [5.41, 5.74) is -0.453. The van der Waals surface area contributed by atoms with Gasteiger partial charge in [0.2, 0.25) is 0 Å². The summed E-state index contributed by atoms with van der Waals surface area (Å²) in [6.07, 6.45) is 0. The van der Waals surface area contributed by atoms with E-state index in [1.165, 1.54) is 0 Å². The van der Waals surface area contributed by atoms with Crippen LogP contribution >= 0.6 is 0 Å². The summed E-state index contributed by atoms with van der Waals surface area (Å²) in [5, 5.41) is 17.9. The number of nitriles is 2. The second-order valence-electron chi connectivity index (χ2n) is 3.97. The first-order valence-corrected chi connectivity index (χ1v) is 4.20. The van der Waals surface area contributed by atoms with Gasteiger partial charge in [-0.25, -0.2) is 0 Å². The molecular weight excluding hydrogens is 172 g/mol. The van der Waals surface area contributed by atoms with Crippen molar-refractivity contribution in [3.63, 3.8) is 0 Å². The zero-order valence-electron chi connectivity index (χ0n) is 11.4. The molecule has 0 bridgehead atoms. The van der Waals surface area contributed by atoms with E-state index in [0.717, 1.165) is 0 Å². The molecule has 0 unspecified atom stereocenters. The van der Waals surface area contributed by atoms with Crippen LogP contribution in [0.3, 0.4) is 0 Å². The topological polar surface area (TPSA) is 47.6 Å². The standard InChI is InChI=1S/C12H12N2/c1-12(2,3)11-5-9(7-13)4-10(6-11)8-14/h4-6H,1-3H3/i4D,5D,6D. The lowest BCUT2D eigenvalue weighted by molar-refractivity contribution is 0.590. The molecule has 0 heterocycles. The van der Waals surface area contributed by atoms with E-state index in [0.29, 0.717) is 5.56 Å². The van der Waals surface area contributed by atoms with E-state index in [1.807, 2.05) is 20.8 Å². The molecule has 1 aromatic rings. The van der Waals surface area contributed by atoms with Gasteiger partial charge in [0.15, 0.2) is 0 Å². The molecule has 0 atom stereocenters. The van der Waals surface area contributed by atoms with Gasteiger partial charge in [-0.2, -0.15) is 10.5 Å². The van der Waals surface area contributed by atoms with Gasteiger partial charge in [-0.1, -0.05) is 20.8 Å². The summed E-state index contributed by atoms with van der Waals surface area (Å²) >= 11 is 0. The highest BCUT2D eigenvalue weighted by Gasteiger charge is 2.15. The molecule has 0 saturated heterocycles. The van der Waals surface area contributed by atoms with Crippen molar-refractivity contribution in [1.82, 2.24) is 0 Å². The van der Waals surface area contributed by atoms with E-state index in [4.69, 9.17) is 14.6 Å². The average Bonchev–Trinajstić information content (AvgIpc) is 2.16. The Morgan fingerprint density at radius 1 is 1.07 bits per heavy atom. The van der Waals surface area contributed by atoms with Crippen LogP contribution in [0.1, 0.15) is 41.6 Å². The SMILES string of the molecule is [2H]c1c(C#N)c([2H])c(C(C)(C)C)c([2H])c1C#N. The van der Waals surface area contributed by atoms with E-state index < -0.39 is 5.41 Å². The van der Waals surface area contributed by atoms with E-state index >= 15 is 0 Å². The Morgan fingerprint density at radius 3 is 1.79 bits per heavy atom. The molecule has 1 rings (SSSR count). The van der Waals surface area contributed by atoms with Crippen LogP contribution in [-0.2, 0) is 5.41 Å². The predicted molar refractivity (Wildman–Crippen MR) is 54.6 cm³/mol. The minimum Gasteiger partial charge on any atom is -0.192 e. The third-order valence-corrected chi connectivity index (χ3v) is 1.72. The maximum Gasteiger partial charge on any atom is 0.0992 e. The number of nitrogens with zero attached hydrogens (tertiary/aromatic N) is 2. The Balaban J connectivity index is 3.89. The van der Waals surface area contributed by atoms with Crippen LogP contribution in [0.5, 0.6) is 0 Å². The Labute approximate surface area is 88.6 Å². The molecule has 0 aliphatic heterocycles. The molecule has 14 heavy (non-hydrogen) atoms. The summed E-state index contributed by atoms with van der Waals surface area (Å²) in [5.74, 6) is 0. The van der Waals surface area contributed by atoms with Crippen LogP contribution in [0.4, 0.5) is 0 Å². The zero-order chi connectivity index (χ0) is 13.4. The maximum absolute atomic E-state index is 8.94. The minimum absolute atomic E-state index is 0.117. The highest BCUT2D eigenvalue weighted by molar-refractivity contribution is 5.44. The molecular formula is C12H12N2. The number of rotatable bonds is 0. The van der Waals surface area contributed by atoms with Gasteiger partial charge in [0.05, 0.1) is 27.4 Å². The van der Waals surface area contributed by atoms with Gasteiger partial charge >= 0.3 is 0 Å². The van der Waals surface area contributed by atoms with Crippen LogP contribution in [0.15, 0.2) is 18.1 Å². The fourth-order valence-electron chi connectivity index (χ4n) is 0.956. The second-order valence-corrected chi connectivity index (χ2v) is 3.97. The van der Waals surface area contributed by atoms with Crippen molar-refractivity contribution < 1.29 is 4.11 Å². The molecule has 0 saturated carbocycles. The molecule has 0 N–H and O–H groups in total. The van der Waals surface area contributed by atoms with Crippen LogP contribution in [0.2, 0.25) is 0 Å². The first kappa shape index (κ1) is 6.62. The third kappa shape index (κ3) is 2.12. The molecule has 0 aromatic heterocycles. The Bertz CT molecular complexity index is 516. The average molecular weight is 187 g/mol. The summed E-state index contributed by atoms with van der Waals surface area (Å²) in [4.78, 5) is 0. The fourth-order valence-corrected chi connectivity index (χ4v) is 0.956. The third-order valence-electron chi connectivity index (χ3n) is 1.72. The van der Waals surface area contributed by atoms with E-state index in [1.54, 1.807) is 12.1 Å². The van der Waals surface area contributed by atoms with E-state index in [-0.39, 0.29) is 29.3 Å². The highest BCUT2D eigenvalue weighted by Crippen LogP contribution is 2.24. The Morgan fingerprint density at radius 2 is 1.50 bits per heavy atom. The van der Waals surface area contributed by atoms with Crippen molar-refractivity contribution >= 4 is 0 Å². The van der Waals surface area contributed by atoms with E-state index in [9.17, 15) is 0 Å². The molecule has 0 radical (unpaired) electrons. The molecule has 70 valence electrons. The normalized spacial score (nSPS) is 13.4. The van der Waals surface area contributed by atoms with Crippen molar-refractivity contribution in [1.29, 1.82) is 10.5 Å².